The number of piperidine rings is 3. The molecule has 0 aromatic carbocycles. The topological polar surface area (TPSA) is 58.3 Å². The minimum atomic E-state index is 0.268. The van der Waals surface area contributed by atoms with Crippen molar-refractivity contribution in [1.29, 1.82) is 0 Å². The number of fused-ring (bicyclic) bond motifs is 3. The third-order valence-electron chi connectivity index (χ3n) is 5.51. The van der Waals surface area contributed by atoms with Crippen LogP contribution in [0, 0.1) is 5.92 Å². The second-order valence-electron chi connectivity index (χ2n) is 7.66. The molecular formula is C19H27N5O. The Labute approximate surface area is 149 Å². The molecule has 2 aromatic rings. The Hall–Kier alpha value is -1.79. The predicted octanol–water partition coefficient (Wildman–Crippen LogP) is 2.68. The van der Waals surface area contributed by atoms with Gasteiger partial charge in [0.2, 0.25) is 11.8 Å². The first-order chi connectivity index (χ1) is 12.2. The zero-order chi connectivity index (χ0) is 17.2. The highest BCUT2D eigenvalue weighted by atomic mass is 16.4. The Morgan fingerprint density at radius 3 is 2.68 bits per heavy atom. The van der Waals surface area contributed by atoms with Crippen molar-refractivity contribution in [2.24, 2.45) is 5.92 Å². The van der Waals surface area contributed by atoms with Crippen LogP contribution in [0.1, 0.15) is 50.0 Å². The first-order valence-electron chi connectivity index (χ1n) is 9.36. The molecule has 0 saturated carbocycles. The smallest absolute Gasteiger partial charge is 0.230 e. The highest BCUT2D eigenvalue weighted by Crippen LogP contribution is 2.32. The van der Waals surface area contributed by atoms with Crippen LogP contribution in [0.25, 0.3) is 0 Å². The zero-order valence-corrected chi connectivity index (χ0v) is 15.1. The van der Waals surface area contributed by atoms with Crippen molar-refractivity contribution in [2.45, 2.75) is 51.7 Å². The van der Waals surface area contributed by atoms with Gasteiger partial charge in [-0.3, -0.25) is 9.88 Å². The normalized spacial score (nSPS) is 25.8. The Balaban J connectivity index is 1.54. The van der Waals surface area contributed by atoms with Crippen molar-refractivity contribution in [2.75, 3.05) is 19.6 Å². The van der Waals surface area contributed by atoms with Gasteiger partial charge in [0.1, 0.15) is 0 Å². The van der Waals surface area contributed by atoms with E-state index >= 15 is 0 Å². The molecule has 6 heteroatoms. The third-order valence-corrected chi connectivity index (χ3v) is 5.51. The quantitative estimate of drug-likeness (QED) is 0.805. The van der Waals surface area contributed by atoms with Gasteiger partial charge >= 0.3 is 0 Å². The molecule has 5 rings (SSSR count). The molecule has 134 valence electrons. The van der Waals surface area contributed by atoms with Gasteiger partial charge in [0.05, 0.1) is 6.54 Å². The lowest BCUT2D eigenvalue weighted by molar-refractivity contribution is -0.00609. The number of hydrogen-bond acceptors (Lipinski definition) is 6. The van der Waals surface area contributed by atoms with Gasteiger partial charge in [0, 0.05) is 37.4 Å². The predicted molar refractivity (Wildman–Crippen MR) is 94.8 cm³/mol. The minimum absolute atomic E-state index is 0.268. The van der Waals surface area contributed by atoms with Crippen LogP contribution in [0.3, 0.4) is 0 Å². The maximum Gasteiger partial charge on any atom is 0.230 e. The second-order valence-corrected chi connectivity index (χ2v) is 7.66. The molecule has 1 atom stereocenters. The van der Waals surface area contributed by atoms with Gasteiger partial charge in [-0.05, 0) is 43.5 Å². The highest BCUT2D eigenvalue weighted by Gasteiger charge is 2.38. The molecule has 1 unspecified atom stereocenters. The summed E-state index contributed by atoms with van der Waals surface area (Å²) in [7, 11) is 0. The van der Waals surface area contributed by atoms with Gasteiger partial charge in [0.25, 0.3) is 0 Å². The van der Waals surface area contributed by atoms with Crippen molar-refractivity contribution in [3.63, 3.8) is 0 Å². The molecule has 25 heavy (non-hydrogen) atoms. The minimum Gasteiger partial charge on any atom is -0.424 e. The summed E-state index contributed by atoms with van der Waals surface area (Å²) < 4.78 is 5.89. The number of hydrogen-bond donors (Lipinski definition) is 0. The average molecular weight is 341 g/mol. The molecule has 6 nitrogen and oxygen atoms in total. The number of nitrogens with zero attached hydrogens (tertiary/aromatic N) is 5. The van der Waals surface area contributed by atoms with Crippen LogP contribution < -0.4 is 0 Å². The molecule has 3 fully saturated rings. The molecule has 0 spiro atoms. The SMILES string of the molecule is CC(C)c1nnc(CN(Cc2cccnc2)C2CN3CCC2CC3)o1. The summed E-state index contributed by atoms with van der Waals surface area (Å²) in [6.07, 6.45) is 6.39. The fourth-order valence-electron chi connectivity index (χ4n) is 4.10. The summed E-state index contributed by atoms with van der Waals surface area (Å²) in [5.74, 6) is 2.49. The van der Waals surface area contributed by atoms with Gasteiger partial charge in [-0.25, -0.2) is 0 Å². The van der Waals surface area contributed by atoms with Gasteiger partial charge < -0.3 is 9.32 Å². The van der Waals surface area contributed by atoms with Crippen LogP contribution in [-0.4, -0.2) is 50.7 Å². The van der Waals surface area contributed by atoms with Crippen LogP contribution in [0.2, 0.25) is 0 Å². The van der Waals surface area contributed by atoms with Crippen molar-refractivity contribution in [1.82, 2.24) is 25.0 Å². The maximum atomic E-state index is 5.89. The van der Waals surface area contributed by atoms with Crippen molar-refractivity contribution in [3.8, 4) is 0 Å². The van der Waals surface area contributed by atoms with E-state index in [2.05, 4.69) is 44.9 Å². The van der Waals surface area contributed by atoms with Crippen LogP contribution in [0.4, 0.5) is 0 Å². The van der Waals surface area contributed by atoms with Gasteiger partial charge in [-0.2, -0.15) is 0 Å². The van der Waals surface area contributed by atoms with Gasteiger partial charge in [-0.15, -0.1) is 10.2 Å². The molecule has 0 radical (unpaired) electrons. The van der Waals surface area contributed by atoms with E-state index in [9.17, 15) is 0 Å². The van der Waals surface area contributed by atoms with Crippen molar-refractivity contribution >= 4 is 0 Å². The third kappa shape index (κ3) is 3.75. The van der Waals surface area contributed by atoms with E-state index < -0.39 is 0 Å². The molecule has 3 aliphatic heterocycles. The fourth-order valence-corrected chi connectivity index (χ4v) is 4.10. The van der Waals surface area contributed by atoms with Crippen LogP contribution in [0.15, 0.2) is 28.9 Å². The van der Waals surface area contributed by atoms with Crippen molar-refractivity contribution in [3.05, 3.63) is 41.9 Å². The Kier molecular flexibility index (Phi) is 4.81. The van der Waals surface area contributed by atoms with E-state index in [1.807, 2.05) is 18.5 Å². The molecule has 2 bridgehead atoms. The summed E-state index contributed by atoms with van der Waals surface area (Å²) in [6, 6.07) is 4.71. The summed E-state index contributed by atoms with van der Waals surface area (Å²) in [5.41, 5.74) is 1.24. The summed E-state index contributed by atoms with van der Waals surface area (Å²) in [6.45, 7) is 9.40. The Bertz CT molecular complexity index is 678. The number of aromatic nitrogens is 3. The monoisotopic (exact) mass is 341 g/mol. The van der Waals surface area contributed by atoms with Crippen LogP contribution in [0.5, 0.6) is 0 Å². The molecule has 5 heterocycles. The lowest BCUT2D eigenvalue weighted by Gasteiger charge is -2.48. The number of pyridine rings is 1. The van der Waals surface area contributed by atoms with E-state index in [0.717, 1.165) is 30.8 Å². The average Bonchev–Trinajstić information content (AvgIpc) is 3.12. The second kappa shape index (κ2) is 7.22. The number of rotatable bonds is 6. The van der Waals surface area contributed by atoms with Crippen LogP contribution >= 0.6 is 0 Å². The van der Waals surface area contributed by atoms with E-state index in [1.54, 1.807) is 0 Å². The van der Waals surface area contributed by atoms with E-state index in [1.165, 1.54) is 31.5 Å². The van der Waals surface area contributed by atoms with Gasteiger partial charge in [-0.1, -0.05) is 19.9 Å². The molecular weight excluding hydrogens is 314 g/mol. The summed E-state index contributed by atoms with van der Waals surface area (Å²) >= 11 is 0. The van der Waals surface area contributed by atoms with Gasteiger partial charge in [0.15, 0.2) is 0 Å². The Morgan fingerprint density at radius 1 is 1.24 bits per heavy atom. The molecule has 2 aromatic heterocycles. The summed E-state index contributed by atoms with van der Waals surface area (Å²) in [5, 5.41) is 8.49. The standard InChI is InChI=1S/C19H27N5O/c1-14(2)19-22-21-18(25-19)13-24(11-15-4-3-7-20-10-15)17-12-23-8-5-16(17)6-9-23/h3-4,7,10,14,16-17H,5-6,8-9,11-13H2,1-2H3. The fraction of sp³-hybridized carbons (Fsp3) is 0.632. The molecule has 0 aliphatic carbocycles. The maximum absolute atomic E-state index is 5.89. The zero-order valence-electron chi connectivity index (χ0n) is 15.1. The molecule has 3 saturated heterocycles. The lowest BCUT2D eigenvalue weighted by Crippen LogP contribution is -2.56. The first kappa shape index (κ1) is 16.7. The lowest BCUT2D eigenvalue weighted by atomic mass is 9.83. The Morgan fingerprint density at radius 2 is 2.08 bits per heavy atom. The summed E-state index contributed by atoms with van der Waals surface area (Å²) in [4.78, 5) is 9.39. The van der Waals surface area contributed by atoms with E-state index in [4.69, 9.17) is 4.42 Å². The molecule has 0 amide bonds. The van der Waals surface area contributed by atoms with E-state index in [-0.39, 0.29) is 5.92 Å². The van der Waals surface area contributed by atoms with Crippen molar-refractivity contribution < 1.29 is 4.42 Å². The largest absolute Gasteiger partial charge is 0.424 e. The molecule has 0 N–H and O–H groups in total. The van der Waals surface area contributed by atoms with E-state index in [0.29, 0.717) is 12.6 Å². The molecule has 3 aliphatic rings. The van der Waals surface area contributed by atoms with Crippen LogP contribution in [-0.2, 0) is 13.1 Å². The highest BCUT2D eigenvalue weighted by molar-refractivity contribution is 5.09. The first-order valence-corrected chi connectivity index (χ1v) is 9.36.